The van der Waals surface area contributed by atoms with Crippen molar-refractivity contribution in [2.24, 2.45) is 11.7 Å². The van der Waals surface area contributed by atoms with Gasteiger partial charge in [0.1, 0.15) is 5.76 Å². The maximum absolute atomic E-state index is 12.6. The van der Waals surface area contributed by atoms with Gasteiger partial charge in [0, 0.05) is 19.1 Å². The number of furan rings is 1. The van der Waals surface area contributed by atoms with E-state index in [9.17, 15) is 4.79 Å². The summed E-state index contributed by atoms with van der Waals surface area (Å²) in [6, 6.07) is 3.68. The van der Waals surface area contributed by atoms with Crippen molar-refractivity contribution in [1.29, 1.82) is 0 Å². The van der Waals surface area contributed by atoms with Gasteiger partial charge in [-0.05, 0) is 44.7 Å². The maximum Gasteiger partial charge on any atom is 0.263 e. The molecular formula is C17H25Cl2N3O3. The Morgan fingerprint density at radius 1 is 1.48 bits per heavy atom. The molecule has 8 heteroatoms. The molecule has 1 saturated heterocycles. The molecule has 1 aliphatic heterocycles. The number of aryl methyl sites for hydroxylation is 1. The van der Waals surface area contributed by atoms with Crippen LogP contribution in [0.1, 0.15) is 31.2 Å². The number of hydrogen-bond acceptors (Lipinski definition) is 5. The number of carbonyl (C=O) groups excluding carboxylic acids is 1. The number of oxazole rings is 1. The molecule has 1 fully saturated rings. The Morgan fingerprint density at radius 2 is 2.24 bits per heavy atom. The molecule has 1 amide bonds. The van der Waals surface area contributed by atoms with E-state index in [1.807, 2.05) is 18.7 Å². The highest BCUT2D eigenvalue weighted by Crippen LogP contribution is 2.24. The molecule has 0 bridgehead atoms. The van der Waals surface area contributed by atoms with Crippen LogP contribution in [0.3, 0.4) is 0 Å². The minimum absolute atomic E-state index is 0. The van der Waals surface area contributed by atoms with Gasteiger partial charge >= 0.3 is 0 Å². The number of halogens is 2. The Hall–Kier alpha value is -1.50. The Labute approximate surface area is 160 Å². The molecule has 25 heavy (non-hydrogen) atoms. The van der Waals surface area contributed by atoms with Crippen LogP contribution in [-0.4, -0.2) is 34.9 Å². The summed E-state index contributed by atoms with van der Waals surface area (Å²) in [6.45, 7) is 5.36. The first kappa shape index (κ1) is 21.5. The van der Waals surface area contributed by atoms with Crippen LogP contribution >= 0.6 is 24.8 Å². The normalized spacial score (nSPS) is 18.2. The summed E-state index contributed by atoms with van der Waals surface area (Å²) in [5.74, 6) is 2.11. The molecule has 2 aromatic heterocycles. The predicted molar refractivity (Wildman–Crippen MR) is 100 cm³/mol. The van der Waals surface area contributed by atoms with Crippen LogP contribution < -0.4 is 5.73 Å². The molecule has 2 aromatic rings. The third-order valence-electron chi connectivity index (χ3n) is 4.50. The largest absolute Gasteiger partial charge is 0.459 e. The lowest BCUT2D eigenvalue weighted by Gasteiger charge is -2.34. The second-order valence-corrected chi connectivity index (χ2v) is 6.28. The zero-order valence-electron chi connectivity index (χ0n) is 14.4. The first-order valence-corrected chi connectivity index (χ1v) is 8.08. The van der Waals surface area contributed by atoms with Crippen molar-refractivity contribution in [3.63, 3.8) is 0 Å². The van der Waals surface area contributed by atoms with Gasteiger partial charge in [-0.25, -0.2) is 4.98 Å². The molecule has 6 nitrogen and oxygen atoms in total. The van der Waals surface area contributed by atoms with Crippen LogP contribution in [0.15, 0.2) is 27.2 Å². The average molecular weight is 390 g/mol. The summed E-state index contributed by atoms with van der Waals surface area (Å²) < 4.78 is 10.9. The van der Waals surface area contributed by atoms with E-state index >= 15 is 0 Å². The highest BCUT2D eigenvalue weighted by molar-refractivity contribution is 5.85. The molecule has 1 aliphatic rings. The van der Waals surface area contributed by atoms with Crippen LogP contribution in [0.4, 0.5) is 0 Å². The number of nitrogens with two attached hydrogens (primary N) is 1. The van der Waals surface area contributed by atoms with E-state index in [-0.39, 0.29) is 43.2 Å². The number of piperidine rings is 1. The van der Waals surface area contributed by atoms with Crippen molar-refractivity contribution < 1.29 is 13.6 Å². The van der Waals surface area contributed by atoms with Crippen molar-refractivity contribution in [3.05, 3.63) is 29.9 Å². The average Bonchev–Trinajstić information content (AvgIpc) is 3.18. The summed E-state index contributed by atoms with van der Waals surface area (Å²) in [6.07, 6.45) is 3.92. The van der Waals surface area contributed by atoms with E-state index in [2.05, 4.69) is 4.98 Å². The summed E-state index contributed by atoms with van der Waals surface area (Å²) in [4.78, 5) is 18.9. The zero-order valence-corrected chi connectivity index (χ0v) is 16.1. The fraction of sp³-hybridized carbons (Fsp3) is 0.529. The molecule has 0 saturated carbocycles. The number of rotatable bonds is 4. The van der Waals surface area contributed by atoms with Crippen LogP contribution in [0.2, 0.25) is 0 Å². The van der Waals surface area contributed by atoms with E-state index in [0.29, 0.717) is 29.0 Å². The summed E-state index contributed by atoms with van der Waals surface area (Å²) in [5.41, 5.74) is 6.66. The number of likely N-dealkylation sites (tertiary alicyclic amines) is 1. The van der Waals surface area contributed by atoms with E-state index < -0.39 is 0 Å². The van der Waals surface area contributed by atoms with Crippen LogP contribution in [0.5, 0.6) is 0 Å². The van der Waals surface area contributed by atoms with Crippen LogP contribution in [-0.2, 0) is 11.2 Å². The molecule has 0 radical (unpaired) electrons. The highest BCUT2D eigenvalue weighted by atomic mass is 35.5. The van der Waals surface area contributed by atoms with Crippen LogP contribution in [0.25, 0.3) is 11.7 Å². The Morgan fingerprint density at radius 3 is 2.88 bits per heavy atom. The number of carbonyl (C=O) groups is 1. The monoisotopic (exact) mass is 389 g/mol. The highest BCUT2D eigenvalue weighted by Gasteiger charge is 2.27. The maximum atomic E-state index is 12.6. The molecule has 2 N–H and O–H groups in total. The summed E-state index contributed by atoms with van der Waals surface area (Å²) in [7, 11) is 0. The molecule has 2 atom stereocenters. The number of nitrogens with zero attached hydrogens (tertiary/aromatic N) is 2. The Bertz CT molecular complexity index is 671. The smallest absolute Gasteiger partial charge is 0.263 e. The lowest BCUT2D eigenvalue weighted by molar-refractivity contribution is -0.132. The van der Waals surface area contributed by atoms with E-state index in [0.717, 1.165) is 25.9 Å². The standard InChI is InChI=1S/C17H23N3O3.2ClH/c1-11(18)13-5-3-7-20(10-13)16(21)9-14-12(2)23-17(19-14)15-6-4-8-22-15;;/h4,6,8,11,13H,3,5,7,9-10,18H2,1-2H3;2*1H. The fourth-order valence-electron chi connectivity index (χ4n) is 3.02. The molecule has 3 heterocycles. The molecule has 0 spiro atoms. The zero-order chi connectivity index (χ0) is 16.4. The van der Waals surface area contributed by atoms with Gasteiger partial charge in [0.05, 0.1) is 18.4 Å². The summed E-state index contributed by atoms with van der Waals surface area (Å²) >= 11 is 0. The van der Waals surface area contributed by atoms with Crippen molar-refractivity contribution in [3.8, 4) is 11.7 Å². The van der Waals surface area contributed by atoms with Gasteiger partial charge < -0.3 is 19.5 Å². The molecule has 140 valence electrons. The third kappa shape index (κ3) is 5.00. The van der Waals surface area contributed by atoms with Gasteiger partial charge in [-0.15, -0.1) is 24.8 Å². The molecule has 0 aliphatic carbocycles. The Kier molecular flexibility index (Phi) is 7.99. The first-order chi connectivity index (χ1) is 11.0. The minimum atomic E-state index is 0. The first-order valence-electron chi connectivity index (χ1n) is 8.08. The predicted octanol–water partition coefficient (Wildman–Crippen LogP) is 3.21. The fourth-order valence-corrected chi connectivity index (χ4v) is 3.02. The van der Waals surface area contributed by atoms with Crippen molar-refractivity contribution in [1.82, 2.24) is 9.88 Å². The molecule has 3 rings (SSSR count). The van der Waals surface area contributed by atoms with Crippen LogP contribution in [0, 0.1) is 12.8 Å². The summed E-state index contributed by atoms with van der Waals surface area (Å²) in [5, 5.41) is 0. The number of amides is 1. The van der Waals surface area contributed by atoms with E-state index in [4.69, 9.17) is 14.6 Å². The van der Waals surface area contributed by atoms with E-state index in [1.54, 1.807) is 18.4 Å². The van der Waals surface area contributed by atoms with Crippen molar-refractivity contribution >= 4 is 30.7 Å². The van der Waals surface area contributed by atoms with Gasteiger partial charge in [0.2, 0.25) is 5.91 Å². The van der Waals surface area contributed by atoms with Gasteiger partial charge in [0.15, 0.2) is 5.76 Å². The van der Waals surface area contributed by atoms with Gasteiger partial charge in [-0.3, -0.25) is 4.79 Å². The van der Waals surface area contributed by atoms with Crippen molar-refractivity contribution in [2.45, 2.75) is 39.2 Å². The second kappa shape index (κ2) is 9.27. The van der Waals surface area contributed by atoms with Gasteiger partial charge in [-0.1, -0.05) is 0 Å². The third-order valence-corrected chi connectivity index (χ3v) is 4.50. The molecule has 2 unspecified atom stereocenters. The molecule has 0 aromatic carbocycles. The lowest BCUT2D eigenvalue weighted by Crippen LogP contribution is -2.45. The quantitative estimate of drug-likeness (QED) is 0.867. The Balaban J connectivity index is 0.00000156. The lowest BCUT2D eigenvalue weighted by atomic mass is 9.92. The molecular weight excluding hydrogens is 365 g/mol. The SMILES string of the molecule is Cc1oc(-c2ccco2)nc1CC(=O)N1CCCC(C(C)N)C1.Cl.Cl. The van der Waals surface area contributed by atoms with Gasteiger partial charge in [-0.2, -0.15) is 0 Å². The number of hydrogen-bond donors (Lipinski definition) is 1. The van der Waals surface area contributed by atoms with E-state index in [1.165, 1.54) is 0 Å². The minimum Gasteiger partial charge on any atom is -0.459 e. The number of aromatic nitrogens is 1. The van der Waals surface area contributed by atoms with Crippen molar-refractivity contribution in [2.75, 3.05) is 13.1 Å². The second-order valence-electron chi connectivity index (χ2n) is 6.28. The topological polar surface area (TPSA) is 85.5 Å². The van der Waals surface area contributed by atoms with Gasteiger partial charge in [0.25, 0.3) is 5.89 Å².